The molecule has 0 aliphatic heterocycles. The molecule has 0 radical (unpaired) electrons. The Bertz CT molecular complexity index is 483. The number of thiophene rings is 1. The van der Waals surface area contributed by atoms with Crippen molar-refractivity contribution in [3.63, 3.8) is 0 Å². The lowest BCUT2D eigenvalue weighted by Gasteiger charge is -1.99. The Hall–Kier alpha value is -1.61. The highest BCUT2D eigenvalue weighted by atomic mass is 32.1. The van der Waals surface area contributed by atoms with Gasteiger partial charge in [-0.1, -0.05) is 29.8 Å². The molecular formula is C12H10O2S. The van der Waals surface area contributed by atoms with Crippen LogP contribution in [0.15, 0.2) is 35.7 Å². The third-order valence-electron chi connectivity index (χ3n) is 2.16. The van der Waals surface area contributed by atoms with Gasteiger partial charge in [-0.15, -0.1) is 11.3 Å². The molecule has 15 heavy (non-hydrogen) atoms. The van der Waals surface area contributed by atoms with E-state index in [2.05, 4.69) is 0 Å². The van der Waals surface area contributed by atoms with Crippen molar-refractivity contribution in [1.82, 2.24) is 0 Å². The standard InChI is InChI=1S/C12H10O2S/c1-8-2-4-9(5-3-8)11(14)12-10(13)6-7-15-12/h2-7,13H,1H3. The van der Waals surface area contributed by atoms with Crippen LogP contribution in [0.4, 0.5) is 0 Å². The molecule has 2 nitrogen and oxygen atoms in total. The Labute approximate surface area is 91.8 Å². The van der Waals surface area contributed by atoms with Crippen LogP contribution < -0.4 is 0 Å². The first kappa shape index (κ1) is 9.93. The summed E-state index contributed by atoms with van der Waals surface area (Å²) >= 11 is 1.26. The monoisotopic (exact) mass is 218 g/mol. The molecule has 3 heteroatoms. The zero-order chi connectivity index (χ0) is 10.8. The van der Waals surface area contributed by atoms with E-state index in [0.717, 1.165) is 5.56 Å². The number of carbonyl (C=O) groups excluding carboxylic acids is 1. The Balaban J connectivity index is 2.37. The van der Waals surface area contributed by atoms with Crippen molar-refractivity contribution < 1.29 is 9.90 Å². The quantitative estimate of drug-likeness (QED) is 0.787. The van der Waals surface area contributed by atoms with Gasteiger partial charge in [0.15, 0.2) is 0 Å². The van der Waals surface area contributed by atoms with Crippen LogP contribution in [-0.4, -0.2) is 10.9 Å². The summed E-state index contributed by atoms with van der Waals surface area (Å²) in [6, 6.07) is 8.86. The van der Waals surface area contributed by atoms with E-state index in [4.69, 9.17) is 0 Å². The van der Waals surface area contributed by atoms with Crippen LogP contribution in [0.1, 0.15) is 20.8 Å². The van der Waals surface area contributed by atoms with Crippen molar-refractivity contribution in [2.45, 2.75) is 6.92 Å². The minimum Gasteiger partial charge on any atom is -0.506 e. The average molecular weight is 218 g/mol. The first-order chi connectivity index (χ1) is 7.18. The Morgan fingerprint density at radius 1 is 1.20 bits per heavy atom. The van der Waals surface area contributed by atoms with E-state index in [1.807, 2.05) is 19.1 Å². The third kappa shape index (κ3) is 1.92. The second kappa shape index (κ2) is 3.87. The molecule has 0 amide bonds. The van der Waals surface area contributed by atoms with Gasteiger partial charge in [-0.3, -0.25) is 4.79 Å². The summed E-state index contributed by atoms with van der Waals surface area (Å²) in [6.45, 7) is 1.97. The maximum absolute atomic E-state index is 11.9. The van der Waals surface area contributed by atoms with E-state index < -0.39 is 0 Å². The first-order valence-electron chi connectivity index (χ1n) is 4.56. The van der Waals surface area contributed by atoms with Crippen LogP contribution in [-0.2, 0) is 0 Å². The second-order valence-corrected chi connectivity index (χ2v) is 4.25. The van der Waals surface area contributed by atoms with E-state index in [-0.39, 0.29) is 11.5 Å². The zero-order valence-electron chi connectivity index (χ0n) is 8.23. The second-order valence-electron chi connectivity index (χ2n) is 3.33. The molecule has 0 saturated heterocycles. The van der Waals surface area contributed by atoms with Gasteiger partial charge in [-0.2, -0.15) is 0 Å². The lowest BCUT2D eigenvalue weighted by Crippen LogP contribution is -1.98. The number of aromatic hydroxyl groups is 1. The van der Waals surface area contributed by atoms with Crippen LogP contribution in [0.2, 0.25) is 0 Å². The SMILES string of the molecule is Cc1ccc(C(=O)c2sccc2O)cc1. The van der Waals surface area contributed by atoms with Gasteiger partial charge in [-0.05, 0) is 18.4 Å². The van der Waals surface area contributed by atoms with Gasteiger partial charge >= 0.3 is 0 Å². The summed E-state index contributed by atoms with van der Waals surface area (Å²) < 4.78 is 0. The number of rotatable bonds is 2. The summed E-state index contributed by atoms with van der Waals surface area (Å²) in [6.07, 6.45) is 0. The summed E-state index contributed by atoms with van der Waals surface area (Å²) in [4.78, 5) is 12.3. The van der Waals surface area contributed by atoms with Crippen LogP contribution in [0.3, 0.4) is 0 Å². The topological polar surface area (TPSA) is 37.3 Å². The van der Waals surface area contributed by atoms with Gasteiger partial charge in [0.2, 0.25) is 5.78 Å². The normalized spacial score (nSPS) is 10.2. The molecule has 0 atom stereocenters. The van der Waals surface area contributed by atoms with Crippen LogP contribution in [0.5, 0.6) is 5.75 Å². The number of hydrogen-bond acceptors (Lipinski definition) is 3. The largest absolute Gasteiger partial charge is 0.506 e. The highest BCUT2D eigenvalue weighted by Crippen LogP contribution is 2.26. The van der Waals surface area contributed by atoms with Gasteiger partial charge in [0, 0.05) is 5.56 Å². The van der Waals surface area contributed by atoms with Crippen LogP contribution in [0.25, 0.3) is 0 Å². The Morgan fingerprint density at radius 3 is 2.40 bits per heavy atom. The maximum atomic E-state index is 11.9. The smallest absolute Gasteiger partial charge is 0.206 e. The molecule has 2 aromatic rings. The Morgan fingerprint density at radius 2 is 1.87 bits per heavy atom. The zero-order valence-corrected chi connectivity index (χ0v) is 9.04. The summed E-state index contributed by atoms with van der Waals surface area (Å²) in [5, 5.41) is 11.1. The fraction of sp³-hybridized carbons (Fsp3) is 0.0833. The van der Waals surface area contributed by atoms with Gasteiger partial charge in [0.05, 0.1) is 0 Å². The van der Waals surface area contributed by atoms with Gasteiger partial charge in [0.1, 0.15) is 10.6 Å². The van der Waals surface area contributed by atoms with Crippen LogP contribution in [0, 0.1) is 6.92 Å². The van der Waals surface area contributed by atoms with Gasteiger partial charge in [0.25, 0.3) is 0 Å². The number of benzene rings is 1. The van der Waals surface area contributed by atoms with E-state index in [0.29, 0.717) is 10.4 Å². The molecule has 1 aromatic heterocycles. The fourth-order valence-corrected chi connectivity index (χ4v) is 2.06. The molecule has 0 aliphatic rings. The van der Waals surface area contributed by atoms with E-state index in [1.54, 1.807) is 17.5 Å². The van der Waals surface area contributed by atoms with E-state index in [1.165, 1.54) is 17.4 Å². The molecular weight excluding hydrogens is 208 g/mol. The molecule has 1 aromatic carbocycles. The molecule has 0 spiro atoms. The molecule has 0 unspecified atom stereocenters. The van der Waals surface area contributed by atoms with Crippen molar-refractivity contribution in [2.75, 3.05) is 0 Å². The van der Waals surface area contributed by atoms with E-state index in [9.17, 15) is 9.90 Å². The highest BCUT2D eigenvalue weighted by Gasteiger charge is 2.14. The van der Waals surface area contributed by atoms with Gasteiger partial charge in [-0.25, -0.2) is 0 Å². The predicted molar refractivity (Wildman–Crippen MR) is 60.6 cm³/mol. The average Bonchev–Trinajstić information content (AvgIpc) is 2.65. The summed E-state index contributed by atoms with van der Waals surface area (Å²) in [5.41, 5.74) is 1.72. The molecule has 0 saturated carbocycles. The highest BCUT2D eigenvalue weighted by molar-refractivity contribution is 7.12. The number of carbonyl (C=O) groups is 1. The fourth-order valence-electron chi connectivity index (χ4n) is 1.31. The van der Waals surface area contributed by atoms with Crippen molar-refractivity contribution in [3.05, 3.63) is 51.7 Å². The van der Waals surface area contributed by atoms with E-state index >= 15 is 0 Å². The lowest BCUT2D eigenvalue weighted by molar-refractivity contribution is 0.104. The minimum atomic E-state index is -0.123. The van der Waals surface area contributed by atoms with Crippen molar-refractivity contribution in [3.8, 4) is 5.75 Å². The summed E-state index contributed by atoms with van der Waals surface area (Å²) in [7, 11) is 0. The van der Waals surface area contributed by atoms with Crippen LogP contribution >= 0.6 is 11.3 Å². The van der Waals surface area contributed by atoms with Crippen molar-refractivity contribution in [2.24, 2.45) is 0 Å². The maximum Gasteiger partial charge on any atom is 0.206 e. The molecule has 0 aliphatic carbocycles. The Kier molecular flexibility index (Phi) is 2.56. The number of aryl methyl sites for hydroxylation is 1. The molecule has 0 bridgehead atoms. The predicted octanol–water partition coefficient (Wildman–Crippen LogP) is 2.99. The lowest BCUT2D eigenvalue weighted by atomic mass is 10.1. The van der Waals surface area contributed by atoms with Crippen molar-refractivity contribution in [1.29, 1.82) is 0 Å². The minimum absolute atomic E-state index is 0.0607. The molecule has 2 rings (SSSR count). The molecule has 0 fully saturated rings. The molecule has 1 N–H and O–H groups in total. The number of ketones is 1. The van der Waals surface area contributed by atoms with Gasteiger partial charge < -0.3 is 5.11 Å². The number of hydrogen-bond donors (Lipinski definition) is 1. The molecule has 76 valence electrons. The summed E-state index contributed by atoms with van der Waals surface area (Å²) in [5.74, 6) is -0.0620. The molecule has 1 heterocycles. The first-order valence-corrected chi connectivity index (χ1v) is 5.44. The third-order valence-corrected chi connectivity index (χ3v) is 3.07. The van der Waals surface area contributed by atoms with Crippen molar-refractivity contribution >= 4 is 17.1 Å².